The lowest BCUT2D eigenvalue weighted by Crippen LogP contribution is -2.34. The van der Waals surface area contributed by atoms with E-state index in [4.69, 9.17) is 0 Å². The number of carbonyl (C=O) groups excluding carboxylic acids is 1. The number of hydrogen-bond acceptors (Lipinski definition) is 2. The van der Waals surface area contributed by atoms with Crippen LogP contribution in [0.3, 0.4) is 0 Å². The Hall–Kier alpha value is -2.50. The quantitative estimate of drug-likeness (QED) is 0.520. The zero-order valence-corrected chi connectivity index (χ0v) is 16.7. The van der Waals surface area contributed by atoms with Crippen LogP contribution in [0.5, 0.6) is 0 Å². The Morgan fingerprint density at radius 1 is 0.885 bits per heavy atom. The maximum Gasteiger partial charge on any atom is 0.336 e. The molecule has 0 saturated heterocycles. The third-order valence-corrected chi connectivity index (χ3v) is 8.29. The molecule has 1 heterocycles. The van der Waals surface area contributed by atoms with Crippen LogP contribution in [0.2, 0.25) is 6.55 Å². The van der Waals surface area contributed by atoms with Gasteiger partial charge in [0.25, 0.3) is 0 Å². The molecule has 0 amide bonds. The van der Waals surface area contributed by atoms with Crippen LogP contribution >= 0.6 is 15.9 Å². The number of hydrogen-bond donors (Lipinski definition) is 1. The second kappa shape index (κ2) is 6.34. The minimum atomic E-state index is -1.33. The lowest BCUT2D eigenvalue weighted by Gasteiger charge is -2.09. The first kappa shape index (κ1) is 16.9. The number of benzene rings is 3. The number of fused-ring (bicyclic) bond motifs is 3. The summed E-state index contributed by atoms with van der Waals surface area (Å²) < 4.78 is 0.683. The van der Waals surface area contributed by atoms with Gasteiger partial charge in [0.15, 0.2) is 5.78 Å². The average Bonchev–Trinajstić information content (AvgIpc) is 2.93. The van der Waals surface area contributed by atoms with Gasteiger partial charge in [-0.25, -0.2) is 4.79 Å². The zero-order valence-electron chi connectivity index (χ0n) is 14.0. The summed E-state index contributed by atoms with van der Waals surface area (Å²) >= 11 is 3.33. The second-order valence-electron chi connectivity index (χ2n) is 6.44. The van der Waals surface area contributed by atoms with E-state index in [1.54, 1.807) is 18.2 Å². The van der Waals surface area contributed by atoms with Crippen molar-refractivity contribution >= 4 is 46.9 Å². The summed E-state index contributed by atoms with van der Waals surface area (Å²) in [7, 11) is -1.33. The fraction of sp³-hybridized carbons (Fsp3) is 0.0476. The summed E-state index contributed by atoms with van der Waals surface area (Å²) in [6.07, 6.45) is 0. The van der Waals surface area contributed by atoms with Crippen LogP contribution in [-0.2, 0) is 0 Å². The average molecular weight is 423 g/mol. The van der Waals surface area contributed by atoms with Crippen molar-refractivity contribution in [3.05, 3.63) is 81.8 Å². The summed E-state index contributed by atoms with van der Waals surface area (Å²) in [5, 5.41) is 12.0. The summed E-state index contributed by atoms with van der Waals surface area (Å²) in [4.78, 5) is 24.5. The Morgan fingerprint density at radius 3 is 2.38 bits per heavy atom. The highest BCUT2D eigenvalue weighted by atomic mass is 79.9. The number of carbonyl (C=O) groups is 2. The van der Waals surface area contributed by atoms with Crippen molar-refractivity contribution in [3.63, 3.8) is 0 Å². The van der Waals surface area contributed by atoms with Crippen molar-refractivity contribution in [1.82, 2.24) is 0 Å². The van der Waals surface area contributed by atoms with Crippen LogP contribution in [0.4, 0.5) is 0 Å². The van der Waals surface area contributed by atoms with Crippen LogP contribution < -0.4 is 10.4 Å². The first-order valence-corrected chi connectivity index (χ1v) is 11.4. The standard InChI is InChI=1S/C21H15BrO3Si/c1-26-18-5-3-2-4-14(18)15-8-6-12(10-19(15)26)20(23)17-11-13(22)7-9-16(17)21(24)25/h2-11,26H,1H3,(H,24,25). The van der Waals surface area contributed by atoms with Gasteiger partial charge in [-0.1, -0.05) is 70.1 Å². The summed E-state index contributed by atoms with van der Waals surface area (Å²) in [6.45, 7) is 2.26. The van der Waals surface area contributed by atoms with Gasteiger partial charge >= 0.3 is 5.97 Å². The number of rotatable bonds is 3. The number of carboxylic acids is 1. The lowest BCUT2D eigenvalue weighted by atomic mass is 9.96. The highest BCUT2D eigenvalue weighted by Crippen LogP contribution is 2.25. The zero-order chi connectivity index (χ0) is 18.4. The summed E-state index contributed by atoms with van der Waals surface area (Å²) in [5.41, 5.74) is 3.22. The number of halogens is 1. The van der Waals surface area contributed by atoms with Crippen molar-refractivity contribution in [1.29, 1.82) is 0 Å². The molecule has 0 aliphatic carbocycles. The highest BCUT2D eigenvalue weighted by Gasteiger charge is 2.27. The number of aromatic carboxylic acids is 1. The highest BCUT2D eigenvalue weighted by molar-refractivity contribution is 9.10. The van der Waals surface area contributed by atoms with E-state index in [1.807, 2.05) is 18.2 Å². The van der Waals surface area contributed by atoms with Gasteiger partial charge in [-0.3, -0.25) is 4.79 Å². The molecule has 1 aliphatic rings. The van der Waals surface area contributed by atoms with Gasteiger partial charge in [-0.05, 0) is 34.5 Å². The molecule has 3 nitrogen and oxygen atoms in total. The molecular formula is C21H15BrO3Si. The molecule has 0 bridgehead atoms. The van der Waals surface area contributed by atoms with Gasteiger partial charge in [-0.15, -0.1) is 0 Å². The molecule has 0 aromatic heterocycles. The minimum Gasteiger partial charge on any atom is -0.478 e. The van der Waals surface area contributed by atoms with Crippen LogP contribution in [-0.4, -0.2) is 25.7 Å². The molecule has 0 saturated carbocycles. The largest absolute Gasteiger partial charge is 0.478 e. The fourth-order valence-electron chi connectivity index (χ4n) is 3.64. The van der Waals surface area contributed by atoms with Crippen LogP contribution in [0.15, 0.2) is 65.1 Å². The molecule has 128 valence electrons. The number of ketones is 1. The van der Waals surface area contributed by atoms with E-state index < -0.39 is 14.8 Å². The molecular weight excluding hydrogens is 408 g/mol. The molecule has 1 N–H and O–H groups in total. The maximum atomic E-state index is 13.0. The predicted molar refractivity (Wildman–Crippen MR) is 109 cm³/mol. The molecule has 0 fully saturated rings. The Labute approximate surface area is 161 Å². The lowest BCUT2D eigenvalue weighted by molar-refractivity contribution is 0.0693. The van der Waals surface area contributed by atoms with E-state index in [0.29, 0.717) is 10.0 Å². The van der Waals surface area contributed by atoms with E-state index in [1.165, 1.54) is 27.6 Å². The van der Waals surface area contributed by atoms with Gasteiger partial charge in [0, 0.05) is 15.6 Å². The van der Waals surface area contributed by atoms with E-state index in [2.05, 4.69) is 40.7 Å². The molecule has 1 unspecified atom stereocenters. The van der Waals surface area contributed by atoms with Crippen molar-refractivity contribution < 1.29 is 14.7 Å². The Bertz CT molecular complexity index is 1070. The molecule has 3 aromatic carbocycles. The maximum absolute atomic E-state index is 13.0. The predicted octanol–water partition coefficient (Wildman–Crippen LogP) is 3.33. The molecule has 26 heavy (non-hydrogen) atoms. The van der Waals surface area contributed by atoms with E-state index in [-0.39, 0.29) is 16.9 Å². The normalized spacial score (nSPS) is 14.6. The smallest absolute Gasteiger partial charge is 0.336 e. The van der Waals surface area contributed by atoms with Crippen LogP contribution in [0, 0.1) is 0 Å². The number of carboxylic acid groups (broad SMARTS) is 1. The van der Waals surface area contributed by atoms with Gasteiger partial charge in [0.1, 0.15) is 8.80 Å². The summed E-state index contributed by atoms with van der Waals surface area (Å²) in [6, 6.07) is 18.8. The molecule has 3 aromatic rings. The molecule has 0 radical (unpaired) electrons. The first-order chi connectivity index (χ1) is 12.5. The van der Waals surface area contributed by atoms with Crippen LogP contribution in [0.25, 0.3) is 11.1 Å². The molecule has 4 rings (SSSR count). The van der Waals surface area contributed by atoms with Gasteiger partial charge in [0.2, 0.25) is 0 Å². The first-order valence-electron chi connectivity index (χ1n) is 8.28. The van der Waals surface area contributed by atoms with Crippen molar-refractivity contribution in [2.75, 3.05) is 0 Å². The van der Waals surface area contributed by atoms with Crippen molar-refractivity contribution in [2.45, 2.75) is 6.55 Å². The molecule has 5 heteroatoms. The van der Waals surface area contributed by atoms with Crippen molar-refractivity contribution in [2.24, 2.45) is 0 Å². The Balaban J connectivity index is 1.81. The van der Waals surface area contributed by atoms with Gasteiger partial charge < -0.3 is 5.11 Å². The van der Waals surface area contributed by atoms with E-state index in [9.17, 15) is 14.7 Å². The topological polar surface area (TPSA) is 54.4 Å². The van der Waals surface area contributed by atoms with Crippen molar-refractivity contribution in [3.8, 4) is 11.1 Å². The third-order valence-electron chi connectivity index (χ3n) is 4.95. The Morgan fingerprint density at radius 2 is 1.62 bits per heavy atom. The van der Waals surface area contributed by atoms with Gasteiger partial charge in [-0.2, -0.15) is 0 Å². The van der Waals surface area contributed by atoms with E-state index in [0.717, 1.165) is 0 Å². The van der Waals surface area contributed by atoms with E-state index >= 15 is 0 Å². The third kappa shape index (κ3) is 2.64. The monoisotopic (exact) mass is 422 g/mol. The molecule has 1 atom stereocenters. The van der Waals surface area contributed by atoms with Crippen LogP contribution in [0.1, 0.15) is 26.3 Å². The minimum absolute atomic E-state index is 0.0206. The fourth-order valence-corrected chi connectivity index (χ4v) is 6.60. The summed E-state index contributed by atoms with van der Waals surface area (Å²) in [5.74, 6) is -1.36. The Kier molecular flexibility index (Phi) is 4.13. The molecule has 1 aliphatic heterocycles. The SMILES string of the molecule is C[SiH]1c2ccccc2-c2ccc(C(=O)c3cc(Br)ccc3C(=O)O)cc21. The molecule has 0 spiro atoms. The second-order valence-corrected chi connectivity index (χ2v) is 10.0. The van der Waals surface area contributed by atoms with Gasteiger partial charge in [0.05, 0.1) is 5.56 Å².